The molecule has 1 atom stereocenters. The molecular weight excluding hydrogens is 364 g/mol. The molecule has 0 aliphatic rings. The highest BCUT2D eigenvalue weighted by Crippen LogP contribution is 2.07. The second-order valence-electron chi connectivity index (χ2n) is 7.43. The van der Waals surface area contributed by atoms with Crippen LogP contribution in [0.25, 0.3) is 0 Å². The van der Waals surface area contributed by atoms with E-state index in [2.05, 4.69) is 34.3 Å². The number of amides is 2. The maximum atomic E-state index is 12.7. The van der Waals surface area contributed by atoms with Gasteiger partial charge in [-0.25, -0.2) is 4.98 Å². The van der Waals surface area contributed by atoms with Crippen molar-refractivity contribution in [1.82, 2.24) is 20.2 Å². The predicted molar refractivity (Wildman–Crippen MR) is 115 cm³/mol. The van der Waals surface area contributed by atoms with Crippen molar-refractivity contribution >= 4 is 11.8 Å². The number of benzene rings is 1. The molecule has 156 valence electrons. The largest absolute Gasteiger partial charge is 0.354 e. The monoisotopic (exact) mass is 396 g/mol. The van der Waals surface area contributed by atoms with Crippen LogP contribution in [0.4, 0.5) is 0 Å². The van der Waals surface area contributed by atoms with Gasteiger partial charge in [0, 0.05) is 31.7 Å². The van der Waals surface area contributed by atoms with E-state index in [1.807, 2.05) is 32.0 Å². The van der Waals surface area contributed by atoms with Crippen LogP contribution in [0.2, 0.25) is 0 Å². The van der Waals surface area contributed by atoms with Gasteiger partial charge in [0.25, 0.3) is 5.91 Å². The Morgan fingerprint density at radius 2 is 1.86 bits per heavy atom. The number of unbranched alkanes of at least 4 members (excludes halogenated alkanes) is 1. The van der Waals surface area contributed by atoms with Crippen molar-refractivity contribution in [3.05, 3.63) is 59.7 Å². The van der Waals surface area contributed by atoms with E-state index in [0.717, 1.165) is 31.4 Å². The van der Waals surface area contributed by atoms with Gasteiger partial charge in [-0.05, 0) is 38.7 Å². The molecule has 0 bridgehead atoms. The number of carbonyl (C=O) groups excluding carboxylic acids is 2. The number of nitrogens with zero attached hydrogens (tertiary/aromatic N) is 3. The maximum Gasteiger partial charge on any atom is 0.274 e. The molecule has 2 aromatic rings. The van der Waals surface area contributed by atoms with Gasteiger partial charge >= 0.3 is 0 Å². The summed E-state index contributed by atoms with van der Waals surface area (Å²) in [5.41, 5.74) is 2.36. The molecule has 1 aromatic carbocycles. The minimum atomic E-state index is -0.170. The normalized spacial score (nSPS) is 11.7. The summed E-state index contributed by atoms with van der Waals surface area (Å²) >= 11 is 0. The molecule has 0 saturated heterocycles. The fourth-order valence-corrected chi connectivity index (χ4v) is 3.01. The standard InChI is InChI=1S/C23H32N4O2/c1-4-5-14-27(23(29)21-17-24-19(3)16-25-21)15-13-22(28)26-18(2)11-12-20-9-7-6-8-10-20/h6-10,16-18H,4-5,11-15H2,1-3H3,(H,26,28)/t18-/m0/s1. The summed E-state index contributed by atoms with van der Waals surface area (Å²) in [6, 6.07) is 10.3. The number of carbonyl (C=O) groups is 2. The first-order valence-electron chi connectivity index (χ1n) is 10.4. The summed E-state index contributed by atoms with van der Waals surface area (Å²) in [5, 5.41) is 3.04. The highest BCUT2D eigenvalue weighted by Gasteiger charge is 2.18. The molecule has 1 N–H and O–H groups in total. The molecule has 1 aromatic heterocycles. The van der Waals surface area contributed by atoms with Crippen LogP contribution in [-0.4, -0.2) is 45.8 Å². The first-order chi connectivity index (χ1) is 14.0. The van der Waals surface area contributed by atoms with Gasteiger partial charge < -0.3 is 10.2 Å². The van der Waals surface area contributed by atoms with Crippen molar-refractivity contribution in [1.29, 1.82) is 0 Å². The first-order valence-corrected chi connectivity index (χ1v) is 10.4. The Hall–Kier alpha value is -2.76. The van der Waals surface area contributed by atoms with E-state index in [4.69, 9.17) is 0 Å². The zero-order valence-electron chi connectivity index (χ0n) is 17.7. The molecule has 0 unspecified atom stereocenters. The van der Waals surface area contributed by atoms with E-state index in [0.29, 0.717) is 18.8 Å². The van der Waals surface area contributed by atoms with Gasteiger partial charge in [0.05, 0.1) is 11.9 Å². The third-order valence-corrected chi connectivity index (χ3v) is 4.79. The lowest BCUT2D eigenvalue weighted by Crippen LogP contribution is -2.38. The van der Waals surface area contributed by atoms with Crippen LogP contribution in [0.15, 0.2) is 42.7 Å². The van der Waals surface area contributed by atoms with Crippen molar-refractivity contribution in [3.8, 4) is 0 Å². The fourth-order valence-electron chi connectivity index (χ4n) is 3.01. The molecule has 0 spiro atoms. The highest BCUT2D eigenvalue weighted by atomic mass is 16.2. The Morgan fingerprint density at radius 3 is 2.52 bits per heavy atom. The lowest BCUT2D eigenvalue weighted by atomic mass is 10.1. The van der Waals surface area contributed by atoms with Gasteiger partial charge in [-0.1, -0.05) is 43.7 Å². The number of hydrogen-bond donors (Lipinski definition) is 1. The Balaban J connectivity index is 1.83. The maximum absolute atomic E-state index is 12.7. The van der Waals surface area contributed by atoms with Gasteiger partial charge in [0.1, 0.15) is 5.69 Å². The Morgan fingerprint density at radius 1 is 1.10 bits per heavy atom. The average molecular weight is 397 g/mol. The molecule has 0 saturated carbocycles. The predicted octanol–water partition coefficient (Wildman–Crippen LogP) is 3.55. The molecule has 0 fully saturated rings. The molecule has 2 amide bonds. The van der Waals surface area contributed by atoms with E-state index < -0.39 is 0 Å². The molecule has 1 heterocycles. The topological polar surface area (TPSA) is 75.2 Å². The highest BCUT2D eigenvalue weighted by molar-refractivity contribution is 5.92. The van der Waals surface area contributed by atoms with Gasteiger partial charge in [-0.15, -0.1) is 0 Å². The fraction of sp³-hybridized carbons (Fsp3) is 0.478. The number of nitrogens with one attached hydrogen (secondary N) is 1. The SMILES string of the molecule is CCCCN(CCC(=O)N[C@@H](C)CCc1ccccc1)C(=O)c1cnc(C)cn1. The first kappa shape index (κ1) is 22.5. The van der Waals surface area contributed by atoms with Gasteiger partial charge in [-0.3, -0.25) is 14.6 Å². The smallest absolute Gasteiger partial charge is 0.274 e. The van der Waals surface area contributed by atoms with E-state index in [-0.39, 0.29) is 24.3 Å². The van der Waals surface area contributed by atoms with Gasteiger partial charge in [0.2, 0.25) is 5.91 Å². The van der Waals surface area contributed by atoms with Crippen molar-refractivity contribution < 1.29 is 9.59 Å². The van der Waals surface area contributed by atoms with Crippen LogP contribution in [0.1, 0.15) is 61.3 Å². The molecular formula is C23H32N4O2. The van der Waals surface area contributed by atoms with Crippen molar-refractivity contribution in [2.75, 3.05) is 13.1 Å². The second-order valence-corrected chi connectivity index (χ2v) is 7.43. The lowest BCUT2D eigenvalue weighted by molar-refractivity contribution is -0.121. The lowest BCUT2D eigenvalue weighted by Gasteiger charge is -2.22. The van der Waals surface area contributed by atoms with Crippen molar-refractivity contribution in [3.63, 3.8) is 0 Å². The third kappa shape index (κ3) is 8.02. The van der Waals surface area contributed by atoms with Crippen molar-refractivity contribution in [2.24, 2.45) is 0 Å². The van der Waals surface area contributed by atoms with Gasteiger partial charge in [-0.2, -0.15) is 0 Å². The Bertz CT molecular complexity index is 762. The van der Waals surface area contributed by atoms with E-state index in [1.54, 1.807) is 11.1 Å². The summed E-state index contributed by atoms with van der Waals surface area (Å²) in [6.07, 6.45) is 7.05. The quantitative estimate of drug-likeness (QED) is 0.630. The number of aryl methyl sites for hydroxylation is 2. The van der Waals surface area contributed by atoms with E-state index in [1.165, 1.54) is 11.8 Å². The number of hydrogen-bond acceptors (Lipinski definition) is 4. The molecule has 29 heavy (non-hydrogen) atoms. The summed E-state index contributed by atoms with van der Waals surface area (Å²) in [5.74, 6) is -0.203. The average Bonchev–Trinajstić information content (AvgIpc) is 2.73. The minimum Gasteiger partial charge on any atom is -0.354 e. The zero-order valence-corrected chi connectivity index (χ0v) is 17.7. The molecule has 0 aliphatic carbocycles. The molecule has 6 nitrogen and oxygen atoms in total. The number of rotatable bonds is 11. The summed E-state index contributed by atoms with van der Waals surface area (Å²) in [4.78, 5) is 35.2. The van der Waals surface area contributed by atoms with Crippen LogP contribution in [0, 0.1) is 6.92 Å². The molecule has 2 rings (SSSR count). The van der Waals surface area contributed by atoms with Crippen LogP contribution >= 0.6 is 0 Å². The zero-order chi connectivity index (χ0) is 21.1. The van der Waals surface area contributed by atoms with E-state index >= 15 is 0 Å². The summed E-state index contributed by atoms with van der Waals surface area (Å²) < 4.78 is 0. The summed E-state index contributed by atoms with van der Waals surface area (Å²) in [6.45, 7) is 6.92. The molecule has 0 aliphatic heterocycles. The van der Waals surface area contributed by atoms with Crippen LogP contribution in [0.5, 0.6) is 0 Å². The van der Waals surface area contributed by atoms with Crippen LogP contribution in [0.3, 0.4) is 0 Å². The van der Waals surface area contributed by atoms with Crippen LogP contribution in [-0.2, 0) is 11.2 Å². The minimum absolute atomic E-state index is 0.0325. The second kappa shape index (κ2) is 11.9. The van der Waals surface area contributed by atoms with Crippen molar-refractivity contribution in [2.45, 2.75) is 58.9 Å². The molecule has 0 radical (unpaired) electrons. The third-order valence-electron chi connectivity index (χ3n) is 4.79. The van der Waals surface area contributed by atoms with Crippen LogP contribution < -0.4 is 5.32 Å². The molecule has 6 heteroatoms. The Labute approximate surface area is 173 Å². The summed E-state index contributed by atoms with van der Waals surface area (Å²) in [7, 11) is 0. The number of aromatic nitrogens is 2. The van der Waals surface area contributed by atoms with Gasteiger partial charge in [0.15, 0.2) is 0 Å². The Kier molecular flexibility index (Phi) is 9.28. The van der Waals surface area contributed by atoms with E-state index in [9.17, 15) is 9.59 Å².